The van der Waals surface area contributed by atoms with Crippen LogP contribution in [0, 0.1) is 0 Å². The predicted molar refractivity (Wildman–Crippen MR) is 64.5 cm³/mol. The van der Waals surface area contributed by atoms with E-state index in [4.69, 9.17) is 4.74 Å². The van der Waals surface area contributed by atoms with E-state index in [1.54, 1.807) is 0 Å². The first-order chi connectivity index (χ1) is 7.27. The second-order valence-electron chi connectivity index (χ2n) is 4.54. The smallest absolute Gasteiger partial charge is 0.143 e. The van der Waals surface area contributed by atoms with Gasteiger partial charge in [0.2, 0.25) is 0 Å². The summed E-state index contributed by atoms with van der Waals surface area (Å²) in [5, 5.41) is 3.65. The summed E-state index contributed by atoms with van der Waals surface area (Å²) in [6.07, 6.45) is 5.12. The number of halogens is 1. The van der Waals surface area contributed by atoms with Crippen LogP contribution >= 0.6 is 15.9 Å². The molecule has 1 aliphatic carbocycles. The molecular weight excluding hydrogens is 254 g/mol. The monoisotopic (exact) mass is 267 g/mol. The Morgan fingerprint density at radius 2 is 2.07 bits per heavy atom. The van der Waals surface area contributed by atoms with Gasteiger partial charge in [0.05, 0.1) is 11.2 Å². The van der Waals surface area contributed by atoms with Crippen molar-refractivity contribution in [1.82, 2.24) is 0 Å². The highest BCUT2D eigenvalue weighted by Gasteiger charge is 2.37. The molecule has 2 nitrogen and oxygen atoms in total. The third-order valence-corrected chi connectivity index (χ3v) is 3.90. The molecule has 0 amide bonds. The summed E-state index contributed by atoms with van der Waals surface area (Å²) in [5.74, 6) is 0.974. The summed E-state index contributed by atoms with van der Waals surface area (Å²) < 4.78 is 6.92. The van der Waals surface area contributed by atoms with Gasteiger partial charge in [-0.3, -0.25) is 0 Å². The van der Waals surface area contributed by atoms with Crippen LogP contribution in [0.15, 0.2) is 22.7 Å². The van der Waals surface area contributed by atoms with Crippen LogP contribution in [0.1, 0.15) is 25.7 Å². The lowest BCUT2D eigenvalue weighted by atomic mass is 9.97. The van der Waals surface area contributed by atoms with E-state index in [-0.39, 0.29) is 5.54 Å². The highest BCUT2D eigenvalue weighted by atomic mass is 79.9. The van der Waals surface area contributed by atoms with Gasteiger partial charge < -0.3 is 10.1 Å². The number of fused-ring (bicyclic) bond motifs is 1. The maximum Gasteiger partial charge on any atom is 0.143 e. The summed E-state index contributed by atoms with van der Waals surface area (Å²) in [5.41, 5.74) is 1.37. The Labute approximate surface area is 98.1 Å². The number of hydrogen-bond donors (Lipinski definition) is 1. The van der Waals surface area contributed by atoms with Crippen LogP contribution < -0.4 is 10.1 Å². The molecule has 80 valence electrons. The molecule has 0 aromatic heterocycles. The lowest BCUT2D eigenvalue weighted by molar-refractivity contribution is 0.221. The van der Waals surface area contributed by atoms with Crippen molar-refractivity contribution < 1.29 is 4.74 Å². The molecule has 1 heterocycles. The van der Waals surface area contributed by atoms with Gasteiger partial charge in [-0.2, -0.15) is 0 Å². The maximum absolute atomic E-state index is 5.85. The Morgan fingerprint density at radius 3 is 2.87 bits per heavy atom. The molecule has 3 heteroatoms. The third kappa shape index (κ3) is 1.63. The Kier molecular flexibility index (Phi) is 2.16. The maximum atomic E-state index is 5.85. The van der Waals surface area contributed by atoms with E-state index in [1.165, 1.54) is 25.7 Å². The zero-order chi connectivity index (χ0) is 10.3. The van der Waals surface area contributed by atoms with Crippen LogP contribution in [0.25, 0.3) is 0 Å². The summed E-state index contributed by atoms with van der Waals surface area (Å²) in [6, 6.07) is 6.19. The van der Waals surface area contributed by atoms with E-state index in [2.05, 4.69) is 33.4 Å². The summed E-state index contributed by atoms with van der Waals surface area (Å²) in [7, 11) is 0. The summed E-state index contributed by atoms with van der Waals surface area (Å²) >= 11 is 3.46. The largest absolute Gasteiger partial charge is 0.489 e. The molecule has 2 aliphatic rings. The van der Waals surface area contributed by atoms with Gasteiger partial charge in [-0.1, -0.05) is 28.8 Å². The van der Waals surface area contributed by atoms with E-state index in [1.807, 2.05) is 6.07 Å². The lowest BCUT2D eigenvalue weighted by Gasteiger charge is -2.36. The molecule has 0 unspecified atom stereocenters. The van der Waals surface area contributed by atoms with Gasteiger partial charge in [0, 0.05) is 4.47 Å². The van der Waals surface area contributed by atoms with Gasteiger partial charge >= 0.3 is 0 Å². The lowest BCUT2D eigenvalue weighted by Crippen LogP contribution is -2.44. The number of anilines is 1. The summed E-state index contributed by atoms with van der Waals surface area (Å²) in [4.78, 5) is 0. The van der Waals surface area contributed by atoms with Crippen molar-refractivity contribution in [3.8, 4) is 5.75 Å². The molecule has 1 fully saturated rings. The minimum Gasteiger partial charge on any atom is -0.489 e. The first kappa shape index (κ1) is 9.52. The van der Waals surface area contributed by atoms with E-state index in [0.29, 0.717) is 0 Å². The number of hydrogen-bond acceptors (Lipinski definition) is 2. The Hall–Kier alpha value is -0.700. The second kappa shape index (κ2) is 3.41. The average molecular weight is 268 g/mol. The molecule has 0 bridgehead atoms. The Morgan fingerprint density at radius 1 is 1.27 bits per heavy atom. The van der Waals surface area contributed by atoms with Gasteiger partial charge in [-0.05, 0) is 31.0 Å². The first-order valence-electron chi connectivity index (χ1n) is 5.48. The standard InChI is InChI=1S/C12H14BrNO/c13-9-3-4-10-11(7-9)15-8-12(14-10)5-1-2-6-12/h3-4,7,14H,1-2,5-6,8H2. The molecule has 1 spiro atoms. The fourth-order valence-electron chi connectivity index (χ4n) is 2.58. The van der Waals surface area contributed by atoms with Gasteiger partial charge in [0.1, 0.15) is 12.4 Å². The highest BCUT2D eigenvalue weighted by molar-refractivity contribution is 9.10. The van der Waals surface area contributed by atoms with E-state index >= 15 is 0 Å². The second-order valence-corrected chi connectivity index (χ2v) is 5.46. The molecule has 1 aromatic rings. The highest BCUT2D eigenvalue weighted by Crippen LogP contribution is 2.41. The predicted octanol–water partition coefficient (Wildman–Crippen LogP) is 3.57. The molecule has 1 saturated carbocycles. The zero-order valence-electron chi connectivity index (χ0n) is 8.55. The first-order valence-corrected chi connectivity index (χ1v) is 6.27. The Balaban J connectivity index is 1.93. The molecule has 3 rings (SSSR count). The van der Waals surface area contributed by atoms with Gasteiger partial charge in [0.15, 0.2) is 0 Å². The SMILES string of the molecule is Brc1ccc2c(c1)OCC1(CCCC1)N2. The topological polar surface area (TPSA) is 21.3 Å². The number of nitrogens with one attached hydrogen (secondary N) is 1. The number of benzene rings is 1. The van der Waals surface area contributed by atoms with Crippen molar-refractivity contribution in [2.24, 2.45) is 0 Å². The van der Waals surface area contributed by atoms with Crippen LogP contribution in [-0.2, 0) is 0 Å². The minimum absolute atomic E-state index is 0.223. The summed E-state index contributed by atoms with van der Waals surface area (Å²) in [6.45, 7) is 0.816. The van der Waals surface area contributed by atoms with E-state index in [9.17, 15) is 0 Å². The quantitative estimate of drug-likeness (QED) is 0.776. The van der Waals surface area contributed by atoms with Crippen LogP contribution in [0.4, 0.5) is 5.69 Å². The van der Waals surface area contributed by atoms with Crippen LogP contribution in [0.2, 0.25) is 0 Å². The molecule has 1 aliphatic heterocycles. The van der Waals surface area contributed by atoms with Crippen molar-refractivity contribution >= 4 is 21.6 Å². The van der Waals surface area contributed by atoms with Crippen LogP contribution in [0.3, 0.4) is 0 Å². The normalized spacial score (nSPS) is 21.9. The molecule has 0 saturated heterocycles. The molecule has 0 atom stereocenters. The Bertz CT molecular complexity index is 385. The van der Waals surface area contributed by atoms with Gasteiger partial charge in [-0.15, -0.1) is 0 Å². The number of ether oxygens (including phenoxy) is 1. The molecule has 0 radical (unpaired) electrons. The molecule has 1 N–H and O–H groups in total. The van der Waals surface area contributed by atoms with Crippen molar-refractivity contribution in [1.29, 1.82) is 0 Å². The van der Waals surface area contributed by atoms with Gasteiger partial charge in [0.25, 0.3) is 0 Å². The fourth-order valence-corrected chi connectivity index (χ4v) is 2.92. The van der Waals surface area contributed by atoms with Crippen LogP contribution in [-0.4, -0.2) is 12.1 Å². The van der Waals surface area contributed by atoms with E-state index in [0.717, 1.165) is 22.5 Å². The minimum atomic E-state index is 0.223. The molecular formula is C12H14BrNO. The fraction of sp³-hybridized carbons (Fsp3) is 0.500. The van der Waals surface area contributed by atoms with E-state index < -0.39 is 0 Å². The van der Waals surface area contributed by atoms with Crippen molar-refractivity contribution in [3.63, 3.8) is 0 Å². The molecule has 1 aromatic carbocycles. The van der Waals surface area contributed by atoms with Gasteiger partial charge in [-0.25, -0.2) is 0 Å². The van der Waals surface area contributed by atoms with Crippen molar-refractivity contribution in [3.05, 3.63) is 22.7 Å². The van der Waals surface area contributed by atoms with Crippen molar-refractivity contribution in [2.75, 3.05) is 11.9 Å². The molecule has 15 heavy (non-hydrogen) atoms. The zero-order valence-corrected chi connectivity index (χ0v) is 10.1. The third-order valence-electron chi connectivity index (χ3n) is 3.41. The number of rotatable bonds is 0. The van der Waals surface area contributed by atoms with Crippen molar-refractivity contribution in [2.45, 2.75) is 31.2 Å². The van der Waals surface area contributed by atoms with Crippen LogP contribution in [0.5, 0.6) is 5.75 Å². The average Bonchev–Trinajstić information content (AvgIpc) is 2.67.